The molecule has 90 valence electrons. The van der Waals surface area contributed by atoms with Crippen molar-refractivity contribution in [1.29, 1.82) is 0 Å². The molecule has 0 bridgehead atoms. The minimum absolute atomic E-state index is 0.261. The summed E-state index contributed by atoms with van der Waals surface area (Å²) in [6.07, 6.45) is 9.14. The highest BCUT2D eigenvalue weighted by atomic mass is 16.5. The Bertz CT molecular complexity index is 333. The molecule has 0 fully saturated rings. The summed E-state index contributed by atoms with van der Waals surface area (Å²) in [4.78, 5) is 0. The summed E-state index contributed by atoms with van der Waals surface area (Å²) in [6.45, 7) is 4.74. The van der Waals surface area contributed by atoms with Crippen molar-refractivity contribution >= 4 is 0 Å². The monoisotopic (exact) mass is 222 g/mol. The molecule has 2 rings (SSSR count). The molecule has 0 aliphatic heterocycles. The van der Waals surface area contributed by atoms with Crippen molar-refractivity contribution in [2.75, 3.05) is 13.2 Å². The van der Waals surface area contributed by atoms with Crippen LogP contribution in [0.25, 0.3) is 0 Å². The van der Waals surface area contributed by atoms with E-state index in [-0.39, 0.29) is 6.04 Å². The number of nitrogens with zero attached hydrogens (tertiary/aromatic N) is 1. The van der Waals surface area contributed by atoms with Crippen molar-refractivity contribution < 1.29 is 4.74 Å². The van der Waals surface area contributed by atoms with Crippen molar-refractivity contribution in [3.05, 3.63) is 23.5 Å². The molecular formula is C13H22N2O. The van der Waals surface area contributed by atoms with Gasteiger partial charge in [-0.25, -0.2) is 0 Å². The minimum Gasteiger partial charge on any atom is -0.382 e. The summed E-state index contributed by atoms with van der Waals surface area (Å²) in [7, 11) is 0. The normalized spacial score (nSPS) is 19.8. The largest absolute Gasteiger partial charge is 0.382 e. The van der Waals surface area contributed by atoms with E-state index in [2.05, 4.69) is 17.0 Å². The van der Waals surface area contributed by atoms with Gasteiger partial charge in [-0.3, -0.25) is 0 Å². The summed E-state index contributed by atoms with van der Waals surface area (Å²) < 4.78 is 7.61. The van der Waals surface area contributed by atoms with E-state index in [1.807, 2.05) is 6.92 Å². The number of hydrogen-bond acceptors (Lipinski definition) is 2. The molecule has 0 radical (unpaired) electrons. The molecule has 1 aromatic heterocycles. The Morgan fingerprint density at radius 3 is 3.12 bits per heavy atom. The number of aromatic nitrogens is 1. The predicted octanol–water partition coefficient (Wildman–Crippen LogP) is 2.25. The Morgan fingerprint density at radius 1 is 1.50 bits per heavy atom. The van der Waals surface area contributed by atoms with Crippen LogP contribution in [0.5, 0.6) is 0 Å². The first kappa shape index (κ1) is 11.7. The van der Waals surface area contributed by atoms with Crippen molar-refractivity contribution in [3.8, 4) is 0 Å². The zero-order chi connectivity index (χ0) is 11.4. The van der Waals surface area contributed by atoms with Gasteiger partial charge in [-0.1, -0.05) is 0 Å². The highest BCUT2D eigenvalue weighted by molar-refractivity contribution is 5.29. The third kappa shape index (κ3) is 2.66. The van der Waals surface area contributed by atoms with Crippen LogP contribution < -0.4 is 5.73 Å². The first-order valence-corrected chi connectivity index (χ1v) is 6.33. The average molecular weight is 222 g/mol. The van der Waals surface area contributed by atoms with Gasteiger partial charge in [-0.2, -0.15) is 0 Å². The predicted molar refractivity (Wildman–Crippen MR) is 65.4 cm³/mol. The Labute approximate surface area is 97.6 Å². The van der Waals surface area contributed by atoms with Crippen LogP contribution in [0, 0.1) is 0 Å². The highest BCUT2D eigenvalue weighted by Gasteiger charge is 2.18. The fourth-order valence-corrected chi connectivity index (χ4v) is 2.41. The lowest BCUT2D eigenvalue weighted by Crippen LogP contribution is -2.15. The van der Waals surface area contributed by atoms with E-state index in [1.54, 1.807) is 0 Å². The number of hydrogen-bond donors (Lipinski definition) is 1. The Morgan fingerprint density at radius 2 is 2.38 bits per heavy atom. The summed E-state index contributed by atoms with van der Waals surface area (Å²) in [5, 5.41) is 0. The zero-order valence-electron chi connectivity index (χ0n) is 10.1. The van der Waals surface area contributed by atoms with Crippen LogP contribution in [0.1, 0.15) is 43.4 Å². The first-order chi connectivity index (χ1) is 7.81. The summed E-state index contributed by atoms with van der Waals surface area (Å²) in [5.41, 5.74) is 8.92. The van der Waals surface area contributed by atoms with Gasteiger partial charge < -0.3 is 15.0 Å². The van der Waals surface area contributed by atoms with Crippen LogP contribution in [-0.2, 0) is 17.7 Å². The van der Waals surface area contributed by atoms with Crippen molar-refractivity contribution in [3.63, 3.8) is 0 Å². The number of fused-ring (bicyclic) bond motifs is 1. The summed E-state index contributed by atoms with van der Waals surface area (Å²) >= 11 is 0. The molecule has 0 saturated carbocycles. The SMILES string of the molecule is CCOCCCn1cc2c(c1)C(N)CCC2. The van der Waals surface area contributed by atoms with E-state index in [4.69, 9.17) is 10.5 Å². The van der Waals surface area contributed by atoms with Crippen molar-refractivity contribution in [2.24, 2.45) is 5.73 Å². The van der Waals surface area contributed by atoms with E-state index >= 15 is 0 Å². The van der Waals surface area contributed by atoms with E-state index in [1.165, 1.54) is 24.0 Å². The van der Waals surface area contributed by atoms with Crippen LogP contribution >= 0.6 is 0 Å². The van der Waals surface area contributed by atoms with E-state index < -0.39 is 0 Å². The summed E-state index contributed by atoms with van der Waals surface area (Å²) in [5.74, 6) is 0. The second-order valence-electron chi connectivity index (χ2n) is 4.53. The second kappa shape index (κ2) is 5.51. The standard InChI is InChI=1S/C13H22N2O/c1-2-16-8-4-7-15-9-11-5-3-6-13(14)12(11)10-15/h9-10,13H,2-8,14H2,1H3. The van der Waals surface area contributed by atoms with Gasteiger partial charge in [0.2, 0.25) is 0 Å². The molecule has 0 spiro atoms. The van der Waals surface area contributed by atoms with Crippen molar-refractivity contribution in [1.82, 2.24) is 4.57 Å². The number of rotatable bonds is 5. The van der Waals surface area contributed by atoms with E-state index in [0.29, 0.717) is 0 Å². The fourth-order valence-electron chi connectivity index (χ4n) is 2.41. The molecule has 0 aromatic carbocycles. The van der Waals surface area contributed by atoms with Crippen LogP contribution in [0.2, 0.25) is 0 Å². The maximum Gasteiger partial charge on any atom is 0.0482 e. The molecule has 0 saturated heterocycles. The summed E-state index contributed by atoms with van der Waals surface area (Å²) in [6, 6.07) is 0.261. The molecule has 1 aromatic rings. The molecule has 16 heavy (non-hydrogen) atoms. The third-order valence-electron chi connectivity index (χ3n) is 3.27. The quantitative estimate of drug-likeness (QED) is 0.776. The van der Waals surface area contributed by atoms with Crippen LogP contribution in [-0.4, -0.2) is 17.8 Å². The minimum atomic E-state index is 0.261. The maximum atomic E-state index is 6.10. The first-order valence-electron chi connectivity index (χ1n) is 6.33. The maximum absolute atomic E-state index is 6.10. The topological polar surface area (TPSA) is 40.2 Å². The molecule has 0 amide bonds. The number of ether oxygens (including phenoxy) is 1. The fraction of sp³-hybridized carbons (Fsp3) is 0.692. The van der Waals surface area contributed by atoms with Gasteiger partial charge in [0.15, 0.2) is 0 Å². The Balaban J connectivity index is 1.91. The Hall–Kier alpha value is -0.800. The molecule has 1 unspecified atom stereocenters. The molecule has 1 heterocycles. The molecule has 1 aliphatic carbocycles. The van der Waals surface area contributed by atoms with Gasteiger partial charge in [0.05, 0.1) is 0 Å². The van der Waals surface area contributed by atoms with Gasteiger partial charge in [-0.05, 0) is 43.7 Å². The lowest BCUT2D eigenvalue weighted by Gasteiger charge is -2.17. The van der Waals surface area contributed by atoms with Gasteiger partial charge in [0.1, 0.15) is 0 Å². The average Bonchev–Trinajstić information content (AvgIpc) is 2.69. The highest BCUT2D eigenvalue weighted by Crippen LogP contribution is 2.28. The Kier molecular flexibility index (Phi) is 4.02. The van der Waals surface area contributed by atoms with E-state index in [9.17, 15) is 0 Å². The van der Waals surface area contributed by atoms with Crippen molar-refractivity contribution in [2.45, 2.75) is 45.2 Å². The second-order valence-corrected chi connectivity index (χ2v) is 4.53. The van der Waals surface area contributed by atoms with E-state index in [0.717, 1.165) is 32.6 Å². The van der Waals surface area contributed by atoms with Gasteiger partial charge in [-0.15, -0.1) is 0 Å². The lowest BCUT2D eigenvalue weighted by atomic mass is 9.92. The molecular weight excluding hydrogens is 200 g/mol. The van der Waals surface area contributed by atoms with Crippen LogP contribution in [0.4, 0.5) is 0 Å². The third-order valence-corrected chi connectivity index (χ3v) is 3.27. The van der Waals surface area contributed by atoms with Crippen LogP contribution in [0.3, 0.4) is 0 Å². The lowest BCUT2D eigenvalue weighted by molar-refractivity contribution is 0.141. The smallest absolute Gasteiger partial charge is 0.0482 e. The molecule has 2 N–H and O–H groups in total. The van der Waals surface area contributed by atoms with Gasteiger partial charge in [0.25, 0.3) is 0 Å². The van der Waals surface area contributed by atoms with Crippen LogP contribution in [0.15, 0.2) is 12.4 Å². The molecule has 3 nitrogen and oxygen atoms in total. The molecule has 3 heteroatoms. The number of aryl methyl sites for hydroxylation is 2. The van der Waals surface area contributed by atoms with Gasteiger partial charge in [0, 0.05) is 38.2 Å². The zero-order valence-corrected chi connectivity index (χ0v) is 10.1. The molecule has 1 aliphatic rings. The molecule has 1 atom stereocenters. The number of nitrogens with two attached hydrogens (primary N) is 1. The van der Waals surface area contributed by atoms with Gasteiger partial charge >= 0.3 is 0 Å².